The lowest BCUT2D eigenvalue weighted by Crippen LogP contribution is -2.34. The molecule has 0 fully saturated rings. The van der Waals surface area contributed by atoms with Crippen LogP contribution in [0.3, 0.4) is 0 Å². The summed E-state index contributed by atoms with van der Waals surface area (Å²) in [7, 11) is 0. The Bertz CT molecular complexity index is 2180. The van der Waals surface area contributed by atoms with E-state index in [1.54, 1.807) is 0 Å². The van der Waals surface area contributed by atoms with Gasteiger partial charge in [-0.25, -0.2) is 9.97 Å². The van der Waals surface area contributed by atoms with Crippen LogP contribution in [-0.2, 0) is 5.41 Å². The summed E-state index contributed by atoms with van der Waals surface area (Å²) in [5, 5.41) is 9.36. The first-order valence-electron chi connectivity index (χ1n) is 15.2. The first-order valence-corrected chi connectivity index (χ1v) is 15.2. The van der Waals surface area contributed by atoms with Crippen LogP contribution in [0.2, 0.25) is 0 Å². The van der Waals surface area contributed by atoms with Crippen molar-refractivity contribution in [1.29, 1.82) is 5.26 Å². The van der Waals surface area contributed by atoms with Gasteiger partial charge in [0.1, 0.15) is 11.5 Å². The van der Waals surface area contributed by atoms with Crippen LogP contribution in [0.4, 0.5) is 0 Å². The van der Waals surface area contributed by atoms with Gasteiger partial charge in [-0.1, -0.05) is 121 Å². The molecule has 0 saturated carbocycles. The van der Waals surface area contributed by atoms with E-state index in [1.165, 1.54) is 0 Å². The molecule has 8 rings (SSSR count). The highest BCUT2D eigenvalue weighted by atomic mass is 16.5. The largest absolute Gasteiger partial charge is 0.457 e. The number of nitriles is 1. The molecule has 0 atom stereocenters. The Morgan fingerprint density at radius 1 is 0.478 bits per heavy atom. The Balaban J connectivity index is 1.39. The number of aromatic nitrogens is 2. The maximum absolute atomic E-state index is 9.36. The fourth-order valence-electron chi connectivity index (χ4n) is 6.54. The molecule has 0 aliphatic carbocycles. The third-order valence-corrected chi connectivity index (χ3v) is 8.67. The summed E-state index contributed by atoms with van der Waals surface area (Å²) >= 11 is 0. The number of rotatable bonds is 5. The molecule has 0 radical (unpaired) electrons. The topological polar surface area (TPSA) is 58.8 Å². The van der Waals surface area contributed by atoms with Crippen LogP contribution in [0.25, 0.3) is 33.9 Å². The number of hydrogen-bond donors (Lipinski definition) is 0. The molecule has 1 aliphatic rings. The van der Waals surface area contributed by atoms with E-state index in [-0.39, 0.29) is 0 Å². The lowest BCUT2D eigenvalue weighted by Gasteiger charge is -2.41. The molecule has 216 valence electrons. The van der Waals surface area contributed by atoms with Crippen LogP contribution < -0.4 is 4.74 Å². The third kappa shape index (κ3) is 4.54. The molecule has 0 amide bonds. The lowest BCUT2D eigenvalue weighted by molar-refractivity contribution is 0.434. The van der Waals surface area contributed by atoms with Gasteiger partial charge in [0.05, 0.1) is 28.4 Å². The van der Waals surface area contributed by atoms with Gasteiger partial charge in [0.15, 0.2) is 5.82 Å². The zero-order valence-electron chi connectivity index (χ0n) is 24.8. The summed E-state index contributed by atoms with van der Waals surface area (Å²) in [5.74, 6) is 2.24. The van der Waals surface area contributed by atoms with Crippen LogP contribution in [0.1, 0.15) is 27.8 Å². The molecule has 0 saturated heterocycles. The van der Waals surface area contributed by atoms with Crippen molar-refractivity contribution < 1.29 is 4.74 Å². The van der Waals surface area contributed by atoms with Crippen molar-refractivity contribution in [2.24, 2.45) is 0 Å². The fraction of sp³-hybridized carbons (Fsp3) is 0.0238. The molecule has 0 bridgehead atoms. The number of para-hydroxylation sites is 1. The van der Waals surface area contributed by atoms with Crippen LogP contribution in [-0.4, -0.2) is 9.97 Å². The predicted octanol–water partition coefficient (Wildman–Crippen LogP) is 9.84. The average molecular weight is 590 g/mol. The van der Waals surface area contributed by atoms with Crippen molar-refractivity contribution in [1.82, 2.24) is 9.97 Å². The molecule has 2 heterocycles. The van der Waals surface area contributed by atoms with Crippen molar-refractivity contribution in [3.05, 3.63) is 192 Å². The predicted molar refractivity (Wildman–Crippen MR) is 181 cm³/mol. The summed E-state index contributed by atoms with van der Waals surface area (Å²) < 4.78 is 6.61. The minimum absolute atomic E-state index is 0.606. The first-order chi connectivity index (χ1) is 22.7. The summed E-state index contributed by atoms with van der Waals surface area (Å²) in [4.78, 5) is 10.2. The number of hydrogen-bond acceptors (Lipinski definition) is 4. The molecule has 46 heavy (non-hydrogen) atoms. The quantitative estimate of drug-likeness (QED) is 0.200. The van der Waals surface area contributed by atoms with Gasteiger partial charge in [-0.15, -0.1) is 0 Å². The first kappa shape index (κ1) is 27.3. The fourth-order valence-corrected chi connectivity index (χ4v) is 6.54. The molecule has 1 aromatic heterocycles. The zero-order valence-corrected chi connectivity index (χ0v) is 24.8. The van der Waals surface area contributed by atoms with Crippen LogP contribution >= 0.6 is 0 Å². The van der Waals surface area contributed by atoms with Gasteiger partial charge in [-0.3, -0.25) is 0 Å². The van der Waals surface area contributed by atoms with Gasteiger partial charge in [0.25, 0.3) is 0 Å². The Hall–Kier alpha value is -6.31. The highest BCUT2D eigenvalue weighted by molar-refractivity contribution is 5.75. The van der Waals surface area contributed by atoms with E-state index in [0.29, 0.717) is 11.4 Å². The van der Waals surface area contributed by atoms with Crippen LogP contribution in [0, 0.1) is 11.3 Å². The molecule has 1 aliphatic heterocycles. The molecular weight excluding hydrogens is 562 g/mol. The minimum atomic E-state index is -0.643. The second kappa shape index (κ2) is 11.3. The van der Waals surface area contributed by atoms with Crippen LogP contribution in [0.5, 0.6) is 11.5 Å². The van der Waals surface area contributed by atoms with Gasteiger partial charge in [-0.2, -0.15) is 5.26 Å². The van der Waals surface area contributed by atoms with Gasteiger partial charge < -0.3 is 4.74 Å². The molecule has 0 N–H and O–H groups in total. The van der Waals surface area contributed by atoms with E-state index in [2.05, 4.69) is 97.1 Å². The van der Waals surface area contributed by atoms with Gasteiger partial charge in [0, 0.05) is 27.8 Å². The highest BCUT2D eigenvalue weighted by Crippen LogP contribution is 2.55. The van der Waals surface area contributed by atoms with Crippen molar-refractivity contribution in [2.75, 3.05) is 0 Å². The Kier molecular flexibility index (Phi) is 6.70. The number of nitrogens with zero attached hydrogens (tertiary/aromatic N) is 3. The van der Waals surface area contributed by atoms with E-state index in [4.69, 9.17) is 14.7 Å². The van der Waals surface area contributed by atoms with E-state index in [9.17, 15) is 5.26 Å². The van der Waals surface area contributed by atoms with Crippen LogP contribution in [0.15, 0.2) is 164 Å². The maximum Gasteiger partial charge on any atom is 0.160 e. The summed E-state index contributed by atoms with van der Waals surface area (Å²) in [6, 6.07) is 57.7. The zero-order chi connectivity index (χ0) is 30.9. The third-order valence-electron chi connectivity index (χ3n) is 8.67. The monoisotopic (exact) mass is 589 g/mol. The molecule has 7 aromatic rings. The van der Waals surface area contributed by atoms with E-state index in [1.807, 2.05) is 72.8 Å². The smallest absolute Gasteiger partial charge is 0.160 e. The Morgan fingerprint density at radius 2 is 1.00 bits per heavy atom. The lowest BCUT2D eigenvalue weighted by atomic mass is 9.63. The van der Waals surface area contributed by atoms with E-state index >= 15 is 0 Å². The van der Waals surface area contributed by atoms with Crippen molar-refractivity contribution >= 4 is 0 Å². The molecule has 4 nitrogen and oxygen atoms in total. The second-order valence-corrected chi connectivity index (χ2v) is 11.3. The van der Waals surface area contributed by atoms with Crippen molar-refractivity contribution in [3.8, 4) is 51.5 Å². The van der Waals surface area contributed by atoms with Gasteiger partial charge >= 0.3 is 0 Å². The van der Waals surface area contributed by atoms with Crippen molar-refractivity contribution in [3.63, 3.8) is 0 Å². The Morgan fingerprint density at radius 3 is 1.63 bits per heavy atom. The number of benzene rings is 6. The normalized spacial score (nSPS) is 12.7. The van der Waals surface area contributed by atoms with Crippen molar-refractivity contribution in [2.45, 2.75) is 5.41 Å². The summed E-state index contributed by atoms with van der Waals surface area (Å²) in [6.45, 7) is 0. The maximum atomic E-state index is 9.36. The molecule has 4 heteroatoms. The minimum Gasteiger partial charge on any atom is -0.457 e. The molecule has 6 aromatic carbocycles. The Labute approximate surface area is 267 Å². The molecule has 0 spiro atoms. The highest BCUT2D eigenvalue weighted by Gasteiger charge is 2.45. The van der Waals surface area contributed by atoms with Gasteiger partial charge in [-0.05, 0) is 53.6 Å². The number of ether oxygens (including phenoxy) is 1. The molecule has 0 unspecified atom stereocenters. The standard InChI is InChI=1S/C42H27N3O/c43-28-29-20-22-31(23-21-29)38-27-37(30-12-4-1-5-13-30)44-41(45-38)32-24-25-40-36(26-32)42(33-14-6-2-7-15-33,34-16-8-3-9-17-34)35-18-10-11-19-39(35)46-40/h1-27H. The number of fused-ring (bicyclic) bond motifs is 2. The second-order valence-electron chi connectivity index (χ2n) is 11.3. The average Bonchev–Trinajstić information content (AvgIpc) is 3.14. The van der Waals surface area contributed by atoms with Gasteiger partial charge in [0.2, 0.25) is 0 Å². The summed E-state index contributed by atoms with van der Waals surface area (Å²) in [5.41, 5.74) is 8.75. The molecular formula is C42H27N3O. The van der Waals surface area contributed by atoms with E-state index < -0.39 is 5.41 Å². The van der Waals surface area contributed by atoms with E-state index in [0.717, 1.165) is 61.8 Å². The SMILES string of the molecule is N#Cc1ccc(-c2cc(-c3ccccc3)nc(-c3ccc4c(c3)C(c3ccccc3)(c3ccccc3)c3ccccc3O4)n2)cc1. The summed E-state index contributed by atoms with van der Waals surface area (Å²) in [6.07, 6.45) is 0.